The molecule has 10 heteroatoms. The number of carboxylic acid groups (broad SMARTS) is 1. The second-order valence-corrected chi connectivity index (χ2v) is 6.67. The highest BCUT2D eigenvalue weighted by Crippen LogP contribution is 2.14. The maximum Gasteiger partial charge on any atom is 0.300 e. The molecule has 0 bridgehead atoms. The maximum atomic E-state index is 12.7. The fourth-order valence-electron chi connectivity index (χ4n) is 2.53. The molecule has 33 heavy (non-hydrogen) atoms. The van der Waals surface area contributed by atoms with Crippen molar-refractivity contribution in [1.82, 2.24) is 15.1 Å². The first-order valence-corrected chi connectivity index (χ1v) is 10.4. The van der Waals surface area contributed by atoms with Crippen molar-refractivity contribution in [3.05, 3.63) is 58.0 Å². The Bertz CT molecular complexity index is 973. The van der Waals surface area contributed by atoms with Crippen molar-refractivity contribution in [3.8, 4) is 5.75 Å². The molecule has 2 aromatic rings. The number of alkyl halides is 1. The van der Waals surface area contributed by atoms with Crippen LogP contribution in [0.5, 0.6) is 5.75 Å². The van der Waals surface area contributed by atoms with Crippen molar-refractivity contribution in [3.63, 3.8) is 0 Å². The molecule has 0 radical (unpaired) electrons. The highest BCUT2D eigenvalue weighted by molar-refractivity contribution is 5.91. The quantitative estimate of drug-likeness (QED) is 0.613. The number of nitrogens with one attached hydrogen (secondary N) is 1. The minimum Gasteiger partial charge on any atom is -0.497 e. The number of Topliss-reactive ketones (excluding diaryl/α,β-unsaturated/α-hetero) is 1. The van der Waals surface area contributed by atoms with Gasteiger partial charge in [0.2, 0.25) is 5.91 Å². The smallest absolute Gasteiger partial charge is 0.300 e. The Kier molecular flexibility index (Phi) is 13.6. The number of carbonyl (C=O) groups is 3. The van der Waals surface area contributed by atoms with Crippen molar-refractivity contribution in [2.45, 2.75) is 53.1 Å². The zero-order valence-corrected chi connectivity index (χ0v) is 19.8. The average molecular weight is 466 g/mol. The molecule has 1 aromatic heterocycles. The van der Waals surface area contributed by atoms with Crippen LogP contribution in [0.2, 0.25) is 0 Å². The lowest BCUT2D eigenvalue weighted by molar-refractivity contribution is -0.134. The van der Waals surface area contributed by atoms with E-state index in [4.69, 9.17) is 14.6 Å². The van der Waals surface area contributed by atoms with E-state index < -0.39 is 41.9 Å². The van der Waals surface area contributed by atoms with Gasteiger partial charge in [-0.05, 0) is 37.6 Å². The fourth-order valence-corrected chi connectivity index (χ4v) is 2.53. The van der Waals surface area contributed by atoms with Crippen LogP contribution >= 0.6 is 0 Å². The van der Waals surface area contributed by atoms with Crippen LogP contribution in [0.15, 0.2) is 41.3 Å². The van der Waals surface area contributed by atoms with Crippen LogP contribution in [-0.2, 0) is 20.9 Å². The van der Waals surface area contributed by atoms with Crippen LogP contribution in [0.3, 0.4) is 0 Å². The summed E-state index contributed by atoms with van der Waals surface area (Å²) in [6.07, 6.45) is 1.44. The second kappa shape index (κ2) is 15.3. The topological polar surface area (TPSA) is 128 Å². The number of rotatable bonds is 8. The Balaban J connectivity index is 0.00000154. The predicted molar refractivity (Wildman–Crippen MR) is 122 cm³/mol. The van der Waals surface area contributed by atoms with Gasteiger partial charge in [-0.3, -0.25) is 19.2 Å². The summed E-state index contributed by atoms with van der Waals surface area (Å²) in [5, 5.41) is 13.9. The summed E-state index contributed by atoms with van der Waals surface area (Å²) < 4.78 is 18.8. The van der Waals surface area contributed by atoms with E-state index in [9.17, 15) is 18.8 Å². The maximum absolute atomic E-state index is 12.7. The zero-order valence-electron chi connectivity index (χ0n) is 19.8. The Morgan fingerprint density at radius 2 is 1.82 bits per heavy atom. The number of benzene rings is 1. The molecule has 0 saturated heterocycles. The number of aliphatic carboxylic acids is 1. The van der Waals surface area contributed by atoms with Crippen molar-refractivity contribution in [2.24, 2.45) is 0 Å². The van der Waals surface area contributed by atoms with E-state index in [1.54, 1.807) is 26.2 Å². The van der Waals surface area contributed by atoms with Crippen LogP contribution in [0.25, 0.3) is 0 Å². The van der Waals surface area contributed by atoms with E-state index in [0.717, 1.165) is 12.5 Å². The van der Waals surface area contributed by atoms with E-state index in [0.29, 0.717) is 5.75 Å². The predicted octanol–water partition coefficient (Wildman–Crippen LogP) is 2.56. The standard InChI is InChI=1S/C19H22FN3O4.C2H4O2.C2H6/c1-12(18(25)22-13(2)17(24)10-20)16-7-8-21-23(19(16)26)11-14-5-4-6-15(9-14)27-3;1-2(3)4;1-2/h4-9,12-13H,10-11H2,1-3H3,(H,22,25);1H3,(H,3,4);1-2H3. The largest absolute Gasteiger partial charge is 0.497 e. The summed E-state index contributed by atoms with van der Waals surface area (Å²) in [7, 11) is 1.55. The number of hydrogen-bond acceptors (Lipinski definition) is 6. The molecule has 2 rings (SSSR count). The highest BCUT2D eigenvalue weighted by Gasteiger charge is 2.23. The first-order chi connectivity index (χ1) is 15.6. The molecule has 0 fully saturated rings. The fraction of sp³-hybridized carbons (Fsp3) is 0.435. The molecule has 0 aliphatic heterocycles. The van der Waals surface area contributed by atoms with Gasteiger partial charge in [-0.15, -0.1) is 0 Å². The van der Waals surface area contributed by atoms with E-state index in [1.165, 1.54) is 23.9 Å². The van der Waals surface area contributed by atoms with Gasteiger partial charge < -0.3 is 15.2 Å². The molecule has 9 nitrogen and oxygen atoms in total. The van der Waals surface area contributed by atoms with Crippen LogP contribution in [0.4, 0.5) is 4.39 Å². The number of aromatic nitrogens is 2. The van der Waals surface area contributed by atoms with Crippen LogP contribution in [0, 0.1) is 0 Å². The molecule has 0 spiro atoms. The van der Waals surface area contributed by atoms with Crippen LogP contribution in [-0.4, -0.2) is 52.4 Å². The molecule has 1 heterocycles. The SMILES string of the molecule is CC.CC(=O)O.COc1cccc(Cn2nccc(C(C)C(=O)NC(C)C(=O)CF)c2=O)c1. The van der Waals surface area contributed by atoms with Crippen LogP contribution in [0.1, 0.15) is 51.7 Å². The summed E-state index contributed by atoms with van der Waals surface area (Å²) in [6, 6.07) is 7.75. The third kappa shape index (κ3) is 10.1. The molecule has 2 unspecified atom stereocenters. The van der Waals surface area contributed by atoms with Crippen molar-refractivity contribution in [2.75, 3.05) is 13.8 Å². The minimum atomic E-state index is -1.15. The number of hydrogen-bond donors (Lipinski definition) is 2. The van der Waals surface area contributed by atoms with Crippen molar-refractivity contribution < 1.29 is 28.6 Å². The highest BCUT2D eigenvalue weighted by atomic mass is 19.1. The number of carboxylic acids is 1. The number of nitrogens with zero attached hydrogens (tertiary/aromatic N) is 2. The normalized spacial score (nSPS) is 11.5. The van der Waals surface area contributed by atoms with E-state index in [2.05, 4.69) is 10.4 Å². The van der Waals surface area contributed by atoms with Crippen molar-refractivity contribution in [1.29, 1.82) is 0 Å². The van der Waals surface area contributed by atoms with Gasteiger partial charge >= 0.3 is 0 Å². The molecule has 0 saturated carbocycles. The number of ketones is 1. The minimum absolute atomic E-state index is 0.217. The Hall–Kier alpha value is -3.56. The number of halogens is 1. The first-order valence-electron chi connectivity index (χ1n) is 10.4. The molecule has 2 N–H and O–H groups in total. The molecular formula is C23H32FN3O6. The van der Waals surface area contributed by atoms with Gasteiger partial charge in [-0.25, -0.2) is 9.07 Å². The average Bonchev–Trinajstić information content (AvgIpc) is 2.80. The van der Waals surface area contributed by atoms with Gasteiger partial charge in [-0.2, -0.15) is 5.10 Å². The summed E-state index contributed by atoms with van der Waals surface area (Å²) in [5.74, 6) is -2.23. The van der Waals surface area contributed by atoms with Gasteiger partial charge in [0, 0.05) is 18.7 Å². The van der Waals surface area contributed by atoms with E-state index in [-0.39, 0.29) is 12.1 Å². The molecular weight excluding hydrogens is 433 g/mol. The summed E-state index contributed by atoms with van der Waals surface area (Å²) in [6.45, 7) is 7.10. The Morgan fingerprint density at radius 3 is 2.36 bits per heavy atom. The van der Waals surface area contributed by atoms with Crippen LogP contribution < -0.4 is 15.6 Å². The number of amides is 1. The lowest BCUT2D eigenvalue weighted by atomic mass is 10.0. The van der Waals surface area contributed by atoms with Gasteiger partial charge in [0.25, 0.3) is 11.5 Å². The monoisotopic (exact) mass is 465 g/mol. The van der Waals surface area contributed by atoms with Gasteiger partial charge in [0.05, 0.1) is 25.6 Å². The van der Waals surface area contributed by atoms with E-state index in [1.807, 2.05) is 26.0 Å². The Labute approximate surface area is 192 Å². The van der Waals surface area contributed by atoms with Gasteiger partial charge in [-0.1, -0.05) is 26.0 Å². The third-order valence-electron chi connectivity index (χ3n) is 4.24. The third-order valence-corrected chi connectivity index (χ3v) is 4.24. The lowest BCUT2D eigenvalue weighted by Crippen LogP contribution is -2.42. The van der Waals surface area contributed by atoms with Crippen molar-refractivity contribution >= 4 is 17.7 Å². The zero-order chi connectivity index (χ0) is 25.6. The summed E-state index contributed by atoms with van der Waals surface area (Å²) in [5.41, 5.74) is 0.651. The first kappa shape index (κ1) is 29.4. The molecule has 0 aliphatic rings. The number of ether oxygens (including phenoxy) is 1. The molecule has 2 atom stereocenters. The second-order valence-electron chi connectivity index (χ2n) is 6.67. The number of methoxy groups -OCH3 is 1. The summed E-state index contributed by atoms with van der Waals surface area (Å²) >= 11 is 0. The van der Waals surface area contributed by atoms with Gasteiger partial charge in [0.1, 0.15) is 12.4 Å². The molecule has 1 amide bonds. The van der Waals surface area contributed by atoms with Gasteiger partial charge in [0.15, 0.2) is 5.78 Å². The summed E-state index contributed by atoms with van der Waals surface area (Å²) in [4.78, 5) is 45.3. The Morgan fingerprint density at radius 1 is 1.21 bits per heavy atom. The molecule has 1 aromatic carbocycles. The molecule has 182 valence electrons. The number of carbonyl (C=O) groups excluding carboxylic acids is 2. The molecule has 0 aliphatic carbocycles. The lowest BCUT2D eigenvalue weighted by Gasteiger charge is -2.16. The van der Waals surface area contributed by atoms with E-state index >= 15 is 0 Å².